The van der Waals surface area contributed by atoms with Gasteiger partial charge in [-0.3, -0.25) is 0 Å². The lowest BCUT2D eigenvalue weighted by Crippen LogP contribution is -2.42. The van der Waals surface area contributed by atoms with E-state index in [0.717, 1.165) is 5.52 Å². The first-order valence-electron chi connectivity index (χ1n) is 6.20. The number of pyridine rings is 1. The molecule has 0 unspecified atom stereocenters. The summed E-state index contributed by atoms with van der Waals surface area (Å²) >= 11 is 0. The zero-order chi connectivity index (χ0) is 14.9. The maximum atomic E-state index is 9.66. The van der Waals surface area contributed by atoms with E-state index in [2.05, 4.69) is 24.6 Å². The van der Waals surface area contributed by atoms with Crippen LogP contribution in [0, 0.1) is 0 Å². The number of fused-ring (bicyclic) bond motifs is 1. The van der Waals surface area contributed by atoms with Crippen molar-refractivity contribution in [1.82, 2.24) is 33.8 Å². The van der Waals surface area contributed by atoms with Crippen molar-refractivity contribution in [2.45, 2.75) is 0 Å². The smallest absolute Gasteiger partial charge is 0.358 e. The third kappa shape index (κ3) is 2.10. The van der Waals surface area contributed by atoms with Gasteiger partial charge in [-0.05, 0) is 21.8 Å². The van der Waals surface area contributed by atoms with Gasteiger partial charge in [-0.15, -0.1) is 19.1 Å². The Morgan fingerprint density at radius 1 is 1.20 bits per heavy atom. The molecule has 0 saturated carbocycles. The molecule has 0 aliphatic rings. The number of aromatic nitrogens is 4. The van der Waals surface area contributed by atoms with Crippen molar-refractivity contribution in [3.8, 4) is 0 Å². The monoisotopic (exact) mass is 298 g/mol. The van der Waals surface area contributed by atoms with Crippen LogP contribution >= 0.6 is 7.87 Å². The highest BCUT2D eigenvalue weighted by molar-refractivity contribution is 7.67. The summed E-state index contributed by atoms with van der Waals surface area (Å²) in [6, 6.07) is 3.72. The normalized spacial score (nSPS) is 13.1. The first kappa shape index (κ1) is 15.2. The van der Waals surface area contributed by atoms with Crippen LogP contribution in [-0.2, 0) is 0 Å². The van der Waals surface area contributed by atoms with Gasteiger partial charge in [-0.2, -0.15) is 0 Å². The fourth-order valence-electron chi connectivity index (χ4n) is 2.47. The van der Waals surface area contributed by atoms with E-state index in [0.29, 0.717) is 5.65 Å². The Bertz CT molecular complexity index is 577. The lowest BCUT2D eigenvalue weighted by molar-refractivity contribution is 0.186. The van der Waals surface area contributed by atoms with Gasteiger partial charge in [-0.25, -0.2) is 4.98 Å². The van der Waals surface area contributed by atoms with Gasteiger partial charge in [0, 0.05) is 41.4 Å². The Labute approximate surface area is 119 Å². The summed E-state index contributed by atoms with van der Waals surface area (Å²) in [7, 11) is 7.49. The molecule has 0 saturated heterocycles. The van der Waals surface area contributed by atoms with E-state index >= 15 is 0 Å². The highest BCUT2D eigenvalue weighted by Gasteiger charge is 2.54. The molecule has 8 nitrogen and oxygen atoms in total. The Kier molecular flexibility index (Phi) is 4.31. The summed E-state index contributed by atoms with van der Waals surface area (Å²) < 4.78 is 7.81. The van der Waals surface area contributed by atoms with Crippen LogP contribution in [0.4, 0.5) is 0 Å². The van der Waals surface area contributed by atoms with Crippen LogP contribution in [0.2, 0.25) is 0 Å². The first-order valence-corrected chi connectivity index (χ1v) is 7.80. The lowest BCUT2D eigenvalue weighted by Gasteiger charge is -2.38. The molecule has 2 heterocycles. The second kappa shape index (κ2) is 5.67. The topological polar surface area (TPSA) is 73.6 Å². The van der Waals surface area contributed by atoms with Crippen molar-refractivity contribution < 1.29 is 5.11 Å². The van der Waals surface area contributed by atoms with Crippen molar-refractivity contribution in [2.24, 2.45) is 0 Å². The molecule has 2 aromatic rings. The molecule has 0 aliphatic carbocycles. The van der Waals surface area contributed by atoms with Crippen molar-refractivity contribution >= 4 is 19.0 Å². The molecule has 0 bridgehead atoms. The van der Waals surface area contributed by atoms with E-state index in [1.165, 1.54) is 0 Å². The molecule has 0 aromatic carbocycles. The zero-order valence-corrected chi connectivity index (χ0v) is 13.4. The Morgan fingerprint density at radius 2 is 1.85 bits per heavy atom. The Balaban J connectivity index is 2.74. The van der Waals surface area contributed by atoms with Crippen LogP contribution in [0.25, 0.3) is 11.2 Å². The minimum Gasteiger partial charge on any atom is -0.378 e. The summed E-state index contributed by atoms with van der Waals surface area (Å²) in [5, 5.41) is 18.1. The van der Waals surface area contributed by atoms with Crippen molar-refractivity contribution in [2.75, 3.05) is 42.0 Å². The number of aliphatic hydroxyl groups excluding tert-OH is 1. The molecule has 0 aliphatic heterocycles. The summed E-state index contributed by atoms with van der Waals surface area (Å²) in [4.78, 5) is 4.39. The van der Waals surface area contributed by atoms with E-state index in [9.17, 15) is 5.11 Å². The van der Waals surface area contributed by atoms with E-state index in [4.69, 9.17) is 0 Å². The van der Waals surface area contributed by atoms with E-state index in [1.807, 2.05) is 56.5 Å². The third-order valence-corrected chi connectivity index (χ3v) is 7.15. The van der Waals surface area contributed by atoms with E-state index in [-0.39, 0.29) is 6.73 Å². The maximum Gasteiger partial charge on any atom is 0.358 e. The molecule has 0 amide bonds. The molecule has 110 valence electrons. The van der Waals surface area contributed by atoms with Gasteiger partial charge < -0.3 is 5.11 Å². The standard InChI is InChI=1S/C11H21N7OP/c1-15(2)20(16(3)4,17(5)9-19)18-11-10(13-14-18)7-6-8-12-11/h6-8,19H,9H2,1-5H3/q+1. The lowest BCUT2D eigenvalue weighted by atomic mass is 10.4. The third-order valence-electron chi connectivity index (χ3n) is 3.18. The van der Waals surface area contributed by atoms with Crippen LogP contribution < -0.4 is 0 Å². The van der Waals surface area contributed by atoms with Crippen molar-refractivity contribution in [3.05, 3.63) is 18.3 Å². The average Bonchev–Trinajstić information content (AvgIpc) is 2.83. The van der Waals surface area contributed by atoms with Gasteiger partial charge >= 0.3 is 7.87 Å². The number of rotatable bonds is 5. The largest absolute Gasteiger partial charge is 0.378 e. The molecule has 0 radical (unpaired) electrons. The minimum absolute atomic E-state index is 0.0850. The first-order chi connectivity index (χ1) is 9.46. The van der Waals surface area contributed by atoms with Gasteiger partial charge in [-0.1, -0.05) is 0 Å². The highest BCUT2D eigenvalue weighted by Crippen LogP contribution is 2.64. The molecule has 0 spiro atoms. The van der Waals surface area contributed by atoms with Crippen molar-refractivity contribution in [1.29, 1.82) is 0 Å². The molecule has 1 N–H and O–H groups in total. The predicted molar refractivity (Wildman–Crippen MR) is 79.9 cm³/mol. The summed E-state index contributed by atoms with van der Waals surface area (Å²) in [6.07, 6.45) is 1.72. The van der Waals surface area contributed by atoms with Gasteiger partial charge in [0.15, 0.2) is 0 Å². The number of aliphatic hydroxyl groups is 1. The van der Waals surface area contributed by atoms with Gasteiger partial charge in [0.2, 0.25) is 5.65 Å². The van der Waals surface area contributed by atoms with Gasteiger partial charge in [0.1, 0.15) is 12.2 Å². The molecule has 0 fully saturated rings. The molecule has 20 heavy (non-hydrogen) atoms. The summed E-state index contributed by atoms with van der Waals surface area (Å²) in [5.41, 5.74) is 1.45. The number of nitrogens with zero attached hydrogens (tertiary/aromatic N) is 7. The summed E-state index contributed by atoms with van der Waals surface area (Å²) in [5.74, 6) is 0. The molecule has 9 heteroatoms. The molecular weight excluding hydrogens is 277 g/mol. The second-order valence-electron chi connectivity index (χ2n) is 4.86. The van der Waals surface area contributed by atoms with Crippen molar-refractivity contribution in [3.63, 3.8) is 0 Å². The molecule has 2 rings (SSSR count). The Hall–Kier alpha value is -1.18. The fourth-order valence-corrected chi connectivity index (χ4v) is 6.10. The minimum atomic E-state index is -2.25. The maximum absolute atomic E-state index is 9.66. The molecule has 2 aromatic heterocycles. The predicted octanol–water partition coefficient (Wildman–Crippen LogP) is 0.357. The zero-order valence-electron chi connectivity index (χ0n) is 12.5. The number of hydrogen-bond acceptors (Lipinski definition) is 7. The summed E-state index contributed by atoms with van der Waals surface area (Å²) in [6.45, 7) is -0.0850. The quantitative estimate of drug-likeness (QED) is 0.631. The SMILES string of the molecule is CN(C)[P+](N(C)C)(N(C)CO)n1nnc2cccnc21. The number of hydrogen-bond donors (Lipinski definition) is 1. The van der Waals surface area contributed by atoms with Crippen LogP contribution in [-0.4, -0.2) is 80.8 Å². The molecular formula is C11H21N7OP+. The van der Waals surface area contributed by atoms with E-state index < -0.39 is 7.87 Å². The van der Waals surface area contributed by atoms with Crippen LogP contribution in [0.15, 0.2) is 18.3 Å². The van der Waals surface area contributed by atoms with Crippen LogP contribution in [0.1, 0.15) is 0 Å². The highest BCUT2D eigenvalue weighted by atomic mass is 31.2. The van der Waals surface area contributed by atoms with Crippen LogP contribution in [0.5, 0.6) is 0 Å². The Morgan fingerprint density at radius 3 is 2.40 bits per heavy atom. The van der Waals surface area contributed by atoms with Gasteiger partial charge in [0.25, 0.3) is 0 Å². The molecule has 0 atom stereocenters. The fraction of sp³-hybridized carbons (Fsp3) is 0.545. The van der Waals surface area contributed by atoms with Crippen LogP contribution in [0.3, 0.4) is 0 Å². The van der Waals surface area contributed by atoms with Gasteiger partial charge in [0.05, 0.1) is 0 Å². The van der Waals surface area contributed by atoms with E-state index in [1.54, 1.807) is 6.20 Å². The second-order valence-corrected chi connectivity index (χ2v) is 8.59. The average molecular weight is 298 g/mol.